The Hall–Kier alpha value is -2.52. The van der Waals surface area contributed by atoms with Crippen LogP contribution in [0.3, 0.4) is 0 Å². The minimum absolute atomic E-state index is 0.161. The average Bonchev–Trinajstić information content (AvgIpc) is 2.52. The van der Waals surface area contributed by atoms with Crippen molar-refractivity contribution in [3.05, 3.63) is 69.5 Å². The quantitative estimate of drug-likeness (QED) is 0.482. The highest BCUT2D eigenvalue weighted by Gasteiger charge is 2.34. The van der Waals surface area contributed by atoms with Gasteiger partial charge in [-0.25, -0.2) is 4.79 Å². The lowest BCUT2D eigenvalue weighted by atomic mass is 10.1. The topological polar surface area (TPSA) is 73.6 Å². The SMILES string of the molecule is O=c1cc(C(F)(F)F)c2ccc(OS(=O)(=O)c3cccc(Cl)c3)cc2o1. The molecule has 0 bridgehead atoms. The van der Waals surface area contributed by atoms with E-state index < -0.39 is 38.5 Å². The molecule has 3 aromatic rings. The van der Waals surface area contributed by atoms with Crippen molar-refractivity contribution in [2.24, 2.45) is 0 Å². The third-order valence-electron chi connectivity index (χ3n) is 3.31. The summed E-state index contributed by atoms with van der Waals surface area (Å²) in [6.07, 6.45) is -4.77. The van der Waals surface area contributed by atoms with Gasteiger partial charge < -0.3 is 8.60 Å². The molecule has 0 radical (unpaired) electrons. The van der Waals surface area contributed by atoms with Crippen LogP contribution in [0.5, 0.6) is 5.75 Å². The van der Waals surface area contributed by atoms with E-state index >= 15 is 0 Å². The van der Waals surface area contributed by atoms with Gasteiger partial charge in [-0.3, -0.25) is 0 Å². The molecular formula is C16H8ClF3O5S. The Morgan fingerprint density at radius 3 is 2.42 bits per heavy atom. The van der Waals surface area contributed by atoms with Crippen molar-refractivity contribution < 1.29 is 30.2 Å². The molecule has 10 heteroatoms. The summed E-state index contributed by atoms with van der Waals surface area (Å²) in [5.74, 6) is -0.319. The Morgan fingerprint density at radius 2 is 1.77 bits per heavy atom. The summed E-state index contributed by atoms with van der Waals surface area (Å²) in [7, 11) is -4.28. The van der Waals surface area contributed by atoms with E-state index in [-0.39, 0.29) is 15.7 Å². The van der Waals surface area contributed by atoms with Crippen molar-refractivity contribution >= 4 is 32.7 Å². The smallest absolute Gasteiger partial charge is 0.417 e. The zero-order valence-corrected chi connectivity index (χ0v) is 14.2. The maximum Gasteiger partial charge on any atom is 0.417 e. The van der Waals surface area contributed by atoms with Gasteiger partial charge in [-0.05, 0) is 30.3 Å². The Kier molecular flexibility index (Phi) is 4.45. The largest absolute Gasteiger partial charge is 0.423 e. The Morgan fingerprint density at radius 1 is 1.04 bits per heavy atom. The van der Waals surface area contributed by atoms with Crippen LogP contribution in [0.15, 0.2) is 62.6 Å². The monoisotopic (exact) mass is 404 g/mol. The second kappa shape index (κ2) is 6.33. The second-order valence-corrected chi connectivity index (χ2v) is 7.11. The zero-order valence-electron chi connectivity index (χ0n) is 12.6. The summed E-state index contributed by atoms with van der Waals surface area (Å²) in [5, 5.41) is -0.237. The van der Waals surface area contributed by atoms with Crippen LogP contribution in [0.1, 0.15) is 5.56 Å². The normalized spacial score (nSPS) is 12.3. The van der Waals surface area contributed by atoms with E-state index in [0.29, 0.717) is 6.07 Å². The van der Waals surface area contributed by atoms with Crippen LogP contribution >= 0.6 is 11.6 Å². The molecule has 0 saturated carbocycles. The van der Waals surface area contributed by atoms with Crippen LogP contribution in [0.4, 0.5) is 13.2 Å². The number of rotatable bonds is 3. The molecule has 2 aromatic carbocycles. The van der Waals surface area contributed by atoms with Crippen LogP contribution in [0.2, 0.25) is 5.02 Å². The number of alkyl halides is 3. The van der Waals surface area contributed by atoms with Gasteiger partial charge in [0.05, 0.1) is 5.56 Å². The van der Waals surface area contributed by atoms with Gasteiger partial charge in [0, 0.05) is 22.5 Å². The van der Waals surface area contributed by atoms with Crippen molar-refractivity contribution in [2.75, 3.05) is 0 Å². The van der Waals surface area contributed by atoms with Gasteiger partial charge in [0.1, 0.15) is 16.2 Å². The number of fused-ring (bicyclic) bond motifs is 1. The van der Waals surface area contributed by atoms with E-state index in [4.69, 9.17) is 20.2 Å². The van der Waals surface area contributed by atoms with Crippen molar-refractivity contribution in [2.45, 2.75) is 11.1 Å². The van der Waals surface area contributed by atoms with E-state index in [9.17, 15) is 26.4 Å². The summed E-state index contributed by atoms with van der Waals surface area (Å²) in [4.78, 5) is 11.1. The molecule has 0 aliphatic heterocycles. The van der Waals surface area contributed by atoms with Gasteiger partial charge in [-0.15, -0.1) is 0 Å². The lowest BCUT2D eigenvalue weighted by molar-refractivity contribution is -0.136. The maximum atomic E-state index is 13.0. The number of hydrogen-bond donors (Lipinski definition) is 0. The summed E-state index contributed by atoms with van der Waals surface area (Å²) < 4.78 is 73.1. The molecule has 0 fully saturated rings. The van der Waals surface area contributed by atoms with E-state index in [1.54, 1.807) is 0 Å². The molecule has 0 saturated heterocycles. The fraction of sp³-hybridized carbons (Fsp3) is 0.0625. The van der Waals surface area contributed by atoms with E-state index in [0.717, 1.165) is 24.3 Å². The highest BCUT2D eigenvalue weighted by molar-refractivity contribution is 7.87. The molecule has 136 valence electrons. The molecule has 0 unspecified atom stereocenters. The molecule has 1 heterocycles. The first-order chi connectivity index (χ1) is 12.1. The fourth-order valence-electron chi connectivity index (χ4n) is 2.23. The first kappa shape index (κ1) is 18.3. The molecular weight excluding hydrogens is 397 g/mol. The molecule has 3 rings (SSSR count). The van der Waals surface area contributed by atoms with E-state index in [1.807, 2.05) is 0 Å². The molecule has 1 aromatic heterocycles. The van der Waals surface area contributed by atoms with E-state index in [2.05, 4.69) is 0 Å². The minimum atomic E-state index is -4.77. The lowest BCUT2D eigenvalue weighted by Gasteiger charge is -2.11. The highest BCUT2D eigenvalue weighted by atomic mass is 35.5. The number of benzene rings is 2. The van der Waals surface area contributed by atoms with Gasteiger partial charge in [0.15, 0.2) is 0 Å². The second-order valence-electron chi connectivity index (χ2n) is 5.13. The summed E-state index contributed by atoms with van der Waals surface area (Å²) in [6, 6.07) is 8.46. The van der Waals surface area contributed by atoms with Crippen LogP contribution < -0.4 is 9.81 Å². The first-order valence-corrected chi connectivity index (χ1v) is 8.70. The predicted octanol–water partition coefficient (Wildman–Crippen LogP) is 4.23. The zero-order chi connectivity index (χ0) is 19.1. The molecule has 0 N–H and O–H groups in total. The average molecular weight is 405 g/mol. The van der Waals surface area contributed by atoms with Gasteiger partial charge in [-0.1, -0.05) is 17.7 Å². The van der Waals surface area contributed by atoms with Gasteiger partial charge in [0.25, 0.3) is 0 Å². The maximum absolute atomic E-state index is 13.0. The Labute approximate surface area is 149 Å². The number of halogens is 4. The minimum Gasteiger partial charge on any atom is -0.423 e. The Balaban J connectivity index is 2.06. The van der Waals surface area contributed by atoms with Crippen molar-refractivity contribution in [3.63, 3.8) is 0 Å². The predicted molar refractivity (Wildman–Crippen MR) is 86.8 cm³/mol. The summed E-state index contributed by atoms with van der Waals surface area (Å²) in [5.41, 5.74) is -2.86. The lowest BCUT2D eigenvalue weighted by Crippen LogP contribution is -2.12. The third kappa shape index (κ3) is 3.68. The molecule has 5 nitrogen and oxygen atoms in total. The molecule has 0 atom stereocenters. The molecule has 0 amide bonds. The Bertz CT molecular complexity index is 1150. The molecule has 0 aliphatic rings. The highest BCUT2D eigenvalue weighted by Crippen LogP contribution is 2.35. The standard InChI is InChI=1S/C16H8ClF3O5S/c17-9-2-1-3-11(6-9)26(22,23)25-10-4-5-12-13(16(18,19)20)8-15(21)24-14(12)7-10/h1-8H. The van der Waals surface area contributed by atoms with Gasteiger partial charge >= 0.3 is 21.9 Å². The van der Waals surface area contributed by atoms with Gasteiger partial charge in [0.2, 0.25) is 0 Å². The van der Waals surface area contributed by atoms with Crippen molar-refractivity contribution in [3.8, 4) is 5.75 Å². The molecule has 0 spiro atoms. The van der Waals surface area contributed by atoms with Crippen molar-refractivity contribution in [1.82, 2.24) is 0 Å². The third-order valence-corrected chi connectivity index (χ3v) is 4.79. The first-order valence-electron chi connectivity index (χ1n) is 6.91. The number of hydrogen-bond acceptors (Lipinski definition) is 5. The van der Waals surface area contributed by atoms with Crippen LogP contribution in [-0.4, -0.2) is 8.42 Å². The van der Waals surface area contributed by atoms with Crippen LogP contribution in [0.25, 0.3) is 11.0 Å². The van der Waals surface area contributed by atoms with Gasteiger partial charge in [-0.2, -0.15) is 21.6 Å². The molecule has 0 aliphatic carbocycles. The van der Waals surface area contributed by atoms with Crippen molar-refractivity contribution in [1.29, 1.82) is 0 Å². The molecule has 26 heavy (non-hydrogen) atoms. The van der Waals surface area contributed by atoms with E-state index in [1.165, 1.54) is 18.2 Å². The van der Waals surface area contributed by atoms with Crippen LogP contribution in [-0.2, 0) is 16.3 Å². The van der Waals surface area contributed by atoms with Crippen LogP contribution in [0, 0.1) is 0 Å². The summed E-state index contributed by atoms with van der Waals surface area (Å²) >= 11 is 5.73. The summed E-state index contributed by atoms with van der Waals surface area (Å²) in [6.45, 7) is 0. The fourth-order valence-corrected chi connectivity index (χ4v) is 3.45.